The van der Waals surface area contributed by atoms with Gasteiger partial charge in [0.2, 0.25) is 0 Å². The lowest BCUT2D eigenvalue weighted by atomic mass is 10.2. The lowest BCUT2D eigenvalue weighted by Crippen LogP contribution is -2.21. The van der Waals surface area contributed by atoms with Crippen molar-refractivity contribution in [3.05, 3.63) is 35.9 Å². The molecule has 0 aromatic heterocycles. The molecule has 1 fully saturated rings. The van der Waals surface area contributed by atoms with Gasteiger partial charge in [0.15, 0.2) is 6.29 Å². The van der Waals surface area contributed by atoms with E-state index < -0.39 is 6.29 Å². The Morgan fingerprint density at radius 2 is 1.93 bits per heavy atom. The summed E-state index contributed by atoms with van der Waals surface area (Å²) in [5.74, 6) is 0.807. The van der Waals surface area contributed by atoms with E-state index in [-0.39, 0.29) is 5.25 Å². The molecule has 0 radical (unpaired) electrons. The van der Waals surface area contributed by atoms with E-state index in [0.29, 0.717) is 4.58 Å². The molecule has 1 aliphatic heterocycles. The third-order valence-corrected chi connectivity index (χ3v) is 5.47. The van der Waals surface area contributed by atoms with E-state index in [9.17, 15) is 0 Å². The van der Waals surface area contributed by atoms with Crippen molar-refractivity contribution in [1.82, 2.24) is 0 Å². The highest BCUT2D eigenvalue weighted by Crippen LogP contribution is 2.49. The number of benzene rings is 1. The zero-order valence-corrected chi connectivity index (χ0v) is 9.17. The van der Waals surface area contributed by atoms with Gasteiger partial charge in [0.05, 0.1) is 9.83 Å². The second-order valence-corrected chi connectivity index (χ2v) is 5.95. The summed E-state index contributed by atoms with van der Waals surface area (Å²) in [5, 5.41) is 18.0. The molecule has 4 heteroatoms. The molecule has 1 heterocycles. The smallest absolute Gasteiger partial charge is 0.164 e. The molecule has 0 bridgehead atoms. The highest BCUT2D eigenvalue weighted by atomic mass is 32.2. The Hall–Kier alpha value is -0.160. The summed E-state index contributed by atoms with van der Waals surface area (Å²) in [6.07, 6.45) is -1.19. The quantitative estimate of drug-likeness (QED) is 0.758. The molecule has 0 aliphatic carbocycles. The van der Waals surface area contributed by atoms with Gasteiger partial charge in [-0.2, -0.15) is 0 Å². The Bertz CT molecular complexity index is 289. The molecule has 1 aliphatic rings. The standard InChI is InChI=1S/C10H12O2S2/c11-9(12)8-6-13-10(14-8)7-4-2-1-3-5-7/h1-5,8-12H,6H2. The average molecular weight is 228 g/mol. The van der Waals surface area contributed by atoms with Crippen molar-refractivity contribution in [3.63, 3.8) is 0 Å². The van der Waals surface area contributed by atoms with Crippen molar-refractivity contribution in [2.24, 2.45) is 0 Å². The second kappa shape index (κ2) is 4.57. The van der Waals surface area contributed by atoms with Gasteiger partial charge in [-0.05, 0) is 5.56 Å². The van der Waals surface area contributed by atoms with E-state index in [1.165, 1.54) is 5.56 Å². The molecule has 0 spiro atoms. The van der Waals surface area contributed by atoms with Crippen LogP contribution in [0.4, 0.5) is 0 Å². The first-order valence-electron chi connectivity index (χ1n) is 4.45. The van der Waals surface area contributed by atoms with Gasteiger partial charge in [-0.25, -0.2) is 0 Å². The van der Waals surface area contributed by atoms with E-state index in [4.69, 9.17) is 10.2 Å². The second-order valence-electron chi connectivity index (χ2n) is 3.16. The first-order valence-corrected chi connectivity index (χ1v) is 6.44. The fraction of sp³-hybridized carbons (Fsp3) is 0.400. The van der Waals surface area contributed by atoms with E-state index in [2.05, 4.69) is 12.1 Å². The number of hydrogen-bond acceptors (Lipinski definition) is 4. The van der Waals surface area contributed by atoms with Crippen molar-refractivity contribution in [1.29, 1.82) is 0 Å². The highest BCUT2D eigenvalue weighted by Gasteiger charge is 2.30. The van der Waals surface area contributed by atoms with Gasteiger partial charge in [0.1, 0.15) is 0 Å². The molecule has 1 saturated heterocycles. The summed E-state index contributed by atoms with van der Waals surface area (Å²) in [5.41, 5.74) is 1.26. The summed E-state index contributed by atoms with van der Waals surface area (Å²) in [7, 11) is 0. The van der Waals surface area contributed by atoms with Crippen LogP contribution in [0.2, 0.25) is 0 Å². The molecule has 2 atom stereocenters. The molecule has 2 nitrogen and oxygen atoms in total. The maximum Gasteiger partial charge on any atom is 0.164 e. The van der Waals surface area contributed by atoms with Gasteiger partial charge in [-0.15, -0.1) is 23.5 Å². The number of hydrogen-bond donors (Lipinski definition) is 2. The molecule has 2 N–H and O–H groups in total. The minimum absolute atomic E-state index is 0.0507. The Labute approximate surface area is 91.7 Å². The van der Waals surface area contributed by atoms with Gasteiger partial charge < -0.3 is 10.2 Å². The SMILES string of the molecule is OC(O)C1CSC(c2ccccc2)S1. The molecular weight excluding hydrogens is 216 g/mol. The van der Waals surface area contributed by atoms with Crippen molar-refractivity contribution in [2.75, 3.05) is 5.75 Å². The summed E-state index contributed by atoms with van der Waals surface area (Å²) in [6, 6.07) is 10.2. The number of thioether (sulfide) groups is 2. The molecular formula is C10H12O2S2. The lowest BCUT2D eigenvalue weighted by Gasteiger charge is -2.11. The summed E-state index contributed by atoms with van der Waals surface area (Å²) >= 11 is 3.41. The summed E-state index contributed by atoms with van der Waals surface area (Å²) in [6.45, 7) is 0. The van der Waals surface area contributed by atoms with Crippen molar-refractivity contribution in [3.8, 4) is 0 Å². The largest absolute Gasteiger partial charge is 0.367 e. The van der Waals surface area contributed by atoms with Crippen LogP contribution in [-0.2, 0) is 0 Å². The van der Waals surface area contributed by atoms with E-state index in [1.54, 1.807) is 23.5 Å². The Kier molecular flexibility index (Phi) is 3.38. The normalized spacial score (nSPS) is 27.1. The van der Waals surface area contributed by atoms with Gasteiger partial charge in [-0.3, -0.25) is 0 Å². The maximum absolute atomic E-state index is 9.04. The molecule has 2 unspecified atom stereocenters. The van der Waals surface area contributed by atoms with Crippen LogP contribution in [0.5, 0.6) is 0 Å². The van der Waals surface area contributed by atoms with Crippen LogP contribution in [0.1, 0.15) is 10.1 Å². The van der Waals surface area contributed by atoms with Crippen LogP contribution >= 0.6 is 23.5 Å². The van der Waals surface area contributed by atoms with Crippen LogP contribution in [-0.4, -0.2) is 27.5 Å². The van der Waals surface area contributed by atoms with Gasteiger partial charge in [0.25, 0.3) is 0 Å². The minimum Gasteiger partial charge on any atom is -0.367 e. The highest BCUT2D eigenvalue weighted by molar-refractivity contribution is 8.19. The van der Waals surface area contributed by atoms with E-state index in [1.807, 2.05) is 18.2 Å². The molecule has 76 valence electrons. The maximum atomic E-state index is 9.04. The first kappa shape index (κ1) is 10.4. The van der Waals surface area contributed by atoms with Gasteiger partial charge in [0, 0.05) is 5.75 Å². The molecule has 1 aromatic rings. The van der Waals surface area contributed by atoms with Crippen LogP contribution in [0.3, 0.4) is 0 Å². The summed E-state index contributed by atoms with van der Waals surface area (Å²) < 4.78 is 0.350. The monoisotopic (exact) mass is 228 g/mol. The molecule has 0 saturated carbocycles. The van der Waals surface area contributed by atoms with Crippen LogP contribution < -0.4 is 0 Å². The number of rotatable bonds is 2. The molecule has 14 heavy (non-hydrogen) atoms. The third kappa shape index (κ3) is 2.25. The van der Waals surface area contributed by atoms with E-state index >= 15 is 0 Å². The van der Waals surface area contributed by atoms with Crippen molar-refractivity contribution >= 4 is 23.5 Å². The van der Waals surface area contributed by atoms with Crippen LogP contribution in [0, 0.1) is 0 Å². The minimum atomic E-state index is -1.19. The van der Waals surface area contributed by atoms with Crippen LogP contribution in [0.15, 0.2) is 30.3 Å². The van der Waals surface area contributed by atoms with Gasteiger partial charge >= 0.3 is 0 Å². The van der Waals surface area contributed by atoms with Crippen molar-refractivity contribution in [2.45, 2.75) is 16.1 Å². The molecule has 0 amide bonds. The predicted molar refractivity (Wildman–Crippen MR) is 61.2 cm³/mol. The molecule has 1 aromatic carbocycles. The Morgan fingerprint density at radius 3 is 2.50 bits per heavy atom. The topological polar surface area (TPSA) is 40.5 Å². The summed E-state index contributed by atoms with van der Waals surface area (Å²) in [4.78, 5) is 0. The molecule has 2 rings (SSSR count). The predicted octanol–water partition coefficient (Wildman–Crippen LogP) is 1.84. The Morgan fingerprint density at radius 1 is 1.21 bits per heavy atom. The zero-order chi connectivity index (χ0) is 9.97. The van der Waals surface area contributed by atoms with Crippen LogP contribution in [0.25, 0.3) is 0 Å². The number of aliphatic hydroxyl groups excluding tert-OH is 1. The average Bonchev–Trinajstić information content (AvgIpc) is 2.68. The lowest BCUT2D eigenvalue weighted by molar-refractivity contribution is -0.0355. The first-order chi connectivity index (χ1) is 6.77. The fourth-order valence-corrected chi connectivity index (χ4v) is 4.55. The van der Waals surface area contributed by atoms with Crippen molar-refractivity contribution < 1.29 is 10.2 Å². The fourth-order valence-electron chi connectivity index (χ4n) is 1.36. The third-order valence-electron chi connectivity index (χ3n) is 2.11. The van der Waals surface area contributed by atoms with E-state index in [0.717, 1.165) is 5.75 Å². The Balaban J connectivity index is 2.03. The number of aliphatic hydroxyl groups is 2. The zero-order valence-electron chi connectivity index (χ0n) is 7.54. The van der Waals surface area contributed by atoms with Gasteiger partial charge in [-0.1, -0.05) is 30.3 Å².